The van der Waals surface area contributed by atoms with Crippen molar-refractivity contribution < 1.29 is 56.2 Å². The number of carbonyl (C=O) groups is 2. The van der Waals surface area contributed by atoms with Crippen LogP contribution in [0.2, 0.25) is 0 Å². The number of carboxylic acid groups (broad SMARTS) is 2. The van der Waals surface area contributed by atoms with Crippen molar-refractivity contribution in [1.29, 1.82) is 0 Å². The van der Waals surface area contributed by atoms with E-state index in [9.17, 15) is 9.59 Å². The normalized spacial score (nSPS) is 13.2. The number of carboxylic acids is 2. The van der Waals surface area contributed by atoms with Gasteiger partial charge < -0.3 is 20.4 Å². The maximum absolute atomic E-state index is 9.77. The predicted octanol–water partition coefficient (Wildman–Crippen LogP) is -2.51. The molecule has 2 unspecified atom stereocenters. The Hall–Kier alpha value is 0.743. The third-order valence-corrected chi connectivity index (χ3v) is 0.805. The molecule has 0 rings (SSSR count). The molecule has 4 N–H and O–H groups in total. The largest absolute Gasteiger partial charge is 0.479 e. The minimum atomic E-state index is -2.27. The maximum atomic E-state index is 9.77. The second kappa shape index (κ2) is 8.35. The number of rotatable bonds is 3. The summed E-state index contributed by atoms with van der Waals surface area (Å²) in [5, 5.41) is 32.5. The monoisotopic (exact) mass is 263 g/mol. The number of hydrogen-bond acceptors (Lipinski definition) is 4. The minimum absolute atomic E-state index is 0. The summed E-state index contributed by atoms with van der Waals surface area (Å²) in [6.07, 6.45) is -4.53. The fourth-order valence-electron chi connectivity index (χ4n) is 0.270. The van der Waals surface area contributed by atoms with Crippen LogP contribution in [-0.4, -0.2) is 74.1 Å². The van der Waals surface area contributed by atoms with E-state index in [1.165, 1.54) is 0 Å². The van der Waals surface area contributed by atoms with Gasteiger partial charge in [-0.2, -0.15) is 0 Å². The van der Waals surface area contributed by atoms with Gasteiger partial charge in [-0.15, -0.1) is 0 Å². The van der Waals surface area contributed by atoms with Crippen LogP contribution >= 0.6 is 0 Å². The van der Waals surface area contributed by atoms with Crippen LogP contribution in [-0.2, 0) is 35.8 Å². The zero-order chi connectivity index (χ0) is 8.31. The van der Waals surface area contributed by atoms with Gasteiger partial charge in [-0.3, -0.25) is 0 Å². The van der Waals surface area contributed by atoms with Crippen LogP contribution in [0.15, 0.2) is 0 Å². The molecule has 0 heterocycles. The Kier molecular flexibility index (Phi) is 12.9. The zero-order valence-electron chi connectivity index (χ0n) is 6.26. The van der Waals surface area contributed by atoms with Gasteiger partial charge in [-0.05, 0) is 0 Å². The van der Waals surface area contributed by atoms with E-state index in [-0.39, 0.29) is 55.8 Å². The van der Waals surface area contributed by atoms with Crippen molar-refractivity contribution in [2.45, 2.75) is 12.2 Å². The van der Waals surface area contributed by atoms with Crippen LogP contribution in [0.25, 0.3) is 0 Å². The van der Waals surface area contributed by atoms with Gasteiger partial charge in [0.2, 0.25) is 0 Å². The second-order valence-corrected chi connectivity index (χ2v) is 1.57. The van der Waals surface area contributed by atoms with Crippen LogP contribution in [0, 0.1) is 0 Å². The Morgan fingerprint density at radius 3 is 1.17 bits per heavy atom. The zero-order valence-corrected chi connectivity index (χ0v) is 10.7. The van der Waals surface area contributed by atoms with Crippen LogP contribution in [0.5, 0.6) is 0 Å². The van der Waals surface area contributed by atoms with Crippen molar-refractivity contribution in [3.8, 4) is 0 Å². The topological polar surface area (TPSA) is 115 Å². The summed E-state index contributed by atoms with van der Waals surface area (Å²) in [7, 11) is 0. The maximum Gasteiger partial charge on any atom is 0.335 e. The Morgan fingerprint density at radius 1 is 0.917 bits per heavy atom. The third kappa shape index (κ3) is 6.28. The van der Waals surface area contributed by atoms with Crippen molar-refractivity contribution >= 4 is 41.5 Å². The molecule has 0 saturated heterocycles. The molecule has 2 atom stereocenters. The molecule has 1 radical (unpaired) electrons. The van der Waals surface area contributed by atoms with Crippen molar-refractivity contribution in [3.05, 3.63) is 0 Å². The van der Waals surface area contributed by atoms with Gasteiger partial charge in [0.05, 0.1) is 0 Å². The van der Waals surface area contributed by atoms with Crippen molar-refractivity contribution in [2.24, 2.45) is 0 Å². The van der Waals surface area contributed by atoms with Gasteiger partial charge in [-0.1, -0.05) is 0 Å². The van der Waals surface area contributed by atoms with E-state index in [1.54, 1.807) is 0 Å². The van der Waals surface area contributed by atoms with Crippen LogP contribution < -0.4 is 0 Å². The SMILES string of the molecule is O=C(O)C(O)C(O)C(=O)O.[Na].[Zr]. The summed E-state index contributed by atoms with van der Waals surface area (Å²) in [6.45, 7) is 0. The van der Waals surface area contributed by atoms with Crippen LogP contribution in [0.3, 0.4) is 0 Å². The minimum Gasteiger partial charge on any atom is -0.479 e. The van der Waals surface area contributed by atoms with Gasteiger partial charge in [-0.25, -0.2) is 9.59 Å². The standard InChI is InChI=1S/C4H6O6.Na.Zr/c5-1(3(7)8)2(6)4(9)10;;/h1-2,5-6H,(H,7,8)(H,9,10);;. The Bertz CT molecular complexity index is 144. The molecular weight excluding hydrogens is 258 g/mol. The average molecular weight is 264 g/mol. The van der Waals surface area contributed by atoms with Gasteiger partial charge in [0.1, 0.15) is 0 Å². The summed E-state index contributed by atoms with van der Waals surface area (Å²) >= 11 is 0. The van der Waals surface area contributed by atoms with Gasteiger partial charge in [0.15, 0.2) is 12.2 Å². The van der Waals surface area contributed by atoms with Crippen molar-refractivity contribution in [3.63, 3.8) is 0 Å². The van der Waals surface area contributed by atoms with Gasteiger partial charge >= 0.3 is 11.9 Å². The first kappa shape index (κ1) is 18.5. The summed E-state index contributed by atoms with van der Waals surface area (Å²) in [5.41, 5.74) is 0. The molecule has 0 aliphatic carbocycles. The van der Waals surface area contributed by atoms with Crippen LogP contribution in [0.1, 0.15) is 0 Å². The molecule has 0 aliphatic heterocycles. The average Bonchev–Trinajstić information content (AvgIpc) is 1.84. The van der Waals surface area contributed by atoms with Gasteiger partial charge in [0.25, 0.3) is 0 Å². The summed E-state index contributed by atoms with van der Waals surface area (Å²) in [6, 6.07) is 0. The molecule has 0 amide bonds. The fraction of sp³-hybridized carbons (Fsp3) is 0.500. The molecule has 0 fully saturated rings. The molecule has 63 valence electrons. The van der Waals surface area contributed by atoms with E-state index in [0.29, 0.717) is 0 Å². The van der Waals surface area contributed by atoms with E-state index in [2.05, 4.69) is 0 Å². The number of aliphatic carboxylic acids is 2. The first-order chi connectivity index (χ1) is 4.46. The van der Waals surface area contributed by atoms with E-state index in [0.717, 1.165) is 0 Å². The molecule has 0 aromatic heterocycles. The van der Waals surface area contributed by atoms with Crippen molar-refractivity contribution in [1.82, 2.24) is 0 Å². The van der Waals surface area contributed by atoms with E-state index < -0.39 is 24.1 Å². The molecular formula is C4H6NaO6Zr. The Labute approximate surface area is 109 Å². The quantitative estimate of drug-likeness (QED) is 0.419. The third-order valence-electron chi connectivity index (χ3n) is 0.805. The molecule has 0 aromatic carbocycles. The van der Waals surface area contributed by atoms with Crippen LogP contribution in [0.4, 0.5) is 0 Å². The smallest absolute Gasteiger partial charge is 0.335 e. The molecule has 0 saturated carbocycles. The summed E-state index contributed by atoms with van der Waals surface area (Å²) < 4.78 is 0. The number of aliphatic hydroxyl groups excluding tert-OH is 2. The van der Waals surface area contributed by atoms with Gasteiger partial charge in [0, 0.05) is 55.8 Å². The first-order valence-corrected chi connectivity index (χ1v) is 2.28. The van der Waals surface area contributed by atoms with E-state index in [1.807, 2.05) is 0 Å². The molecule has 0 aliphatic rings. The second-order valence-electron chi connectivity index (χ2n) is 1.57. The molecule has 0 bridgehead atoms. The molecule has 6 nitrogen and oxygen atoms in total. The van der Waals surface area contributed by atoms with E-state index in [4.69, 9.17) is 20.4 Å². The summed E-state index contributed by atoms with van der Waals surface area (Å²) in [4.78, 5) is 19.5. The number of aliphatic hydroxyl groups is 2. The predicted molar refractivity (Wildman–Crippen MR) is 33.0 cm³/mol. The molecule has 12 heavy (non-hydrogen) atoms. The number of hydrogen-bond donors (Lipinski definition) is 4. The molecule has 0 aromatic rings. The van der Waals surface area contributed by atoms with E-state index >= 15 is 0 Å². The fourth-order valence-corrected chi connectivity index (χ4v) is 0.270. The first-order valence-electron chi connectivity index (χ1n) is 2.28. The molecule has 8 heteroatoms. The Balaban J connectivity index is -0.000000405. The Morgan fingerprint density at radius 2 is 1.08 bits per heavy atom. The summed E-state index contributed by atoms with van der Waals surface area (Å²) in [5.74, 6) is -3.54. The van der Waals surface area contributed by atoms with Crippen molar-refractivity contribution in [2.75, 3.05) is 0 Å². The molecule has 0 spiro atoms.